The zero-order valence-electron chi connectivity index (χ0n) is 11.4. The van der Waals surface area contributed by atoms with E-state index < -0.39 is 0 Å². The van der Waals surface area contributed by atoms with E-state index in [0.717, 1.165) is 26.2 Å². The van der Waals surface area contributed by atoms with E-state index in [1.807, 2.05) is 0 Å². The smallest absolute Gasteiger partial charge is 0.0826 e. The van der Waals surface area contributed by atoms with Crippen LogP contribution in [0.1, 0.15) is 23.6 Å². The topological polar surface area (TPSA) is 24.5 Å². The Balaban J connectivity index is 1.59. The normalized spacial score (nSPS) is 27.5. The third-order valence-corrected chi connectivity index (χ3v) is 4.89. The van der Waals surface area contributed by atoms with E-state index in [1.54, 1.807) is 0 Å². The first-order chi connectivity index (χ1) is 9.24. The minimum absolute atomic E-state index is 0.329. The average molecular weight is 325 g/mol. The van der Waals surface area contributed by atoms with Gasteiger partial charge in [-0.2, -0.15) is 0 Å². The number of likely N-dealkylation sites (N-methyl/N-ethyl adjacent to an activating group) is 1. The fourth-order valence-electron chi connectivity index (χ4n) is 3.09. The fourth-order valence-corrected chi connectivity index (χ4v) is 3.67. The Morgan fingerprint density at radius 2 is 2.37 bits per heavy atom. The maximum absolute atomic E-state index is 5.81. The standard InChI is InChI=1S/C15H21BrN2O/c1-18-7-8-19-11(10-18)9-17-15-6-5-12-13(15)3-2-4-14(12)16/h2-4,11,15,17H,5-10H2,1H3. The number of benzene rings is 1. The molecule has 1 aliphatic heterocycles. The maximum atomic E-state index is 5.81. The highest BCUT2D eigenvalue weighted by Crippen LogP contribution is 2.35. The third-order valence-electron chi connectivity index (χ3n) is 4.15. The van der Waals surface area contributed by atoms with Crippen LogP contribution in [0.25, 0.3) is 0 Å². The molecular formula is C15H21BrN2O. The van der Waals surface area contributed by atoms with Crippen molar-refractivity contribution in [2.45, 2.75) is 25.0 Å². The van der Waals surface area contributed by atoms with Crippen molar-refractivity contribution in [3.8, 4) is 0 Å². The van der Waals surface area contributed by atoms with Gasteiger partial charge < -0.3 is 15.0 Å². The number of fused-ring (bicyclic) bond motifs is 1. The van der Waals surface area contributed by atoms with Crippen molar-refractivity contribution in [3.63, 3.8) is 0 Å². The van der Waals surface area contributed by atoms with Gasteiger partial charge in [-0.25, -0.2) is 0 Å². The van der Waals surface area contributed by atoms with Gasteiger partial charge in [-0.3, -0.25) is 0 Å². The van der Waals surface area contributed by atoms with Crippen molar-refractivity contribution in [2.24, 2.45) is 0 Å². The molecule has 1 heterocycles. The van der Waals surface area contributed by atoms with Gasteiger partial charge in [0.1, 0.15) is 0 Å². The number of nitrogens with zero attached hydrogens (tertiary/aromatic N) is 1. The summed E-state index contributed by atoms with van der Waals surface area (Å²) in [7, 11) is 2.16. The van der Waals surface area contributed by atoms with Crippen LogP contribution < -0.4 is 5.32 Å². The molecule has 3 nitrogen and oxygen atoms in total. The van der Waals surface area contributed by atoms with E-state index in [4.69, 9.17) is 4.74 Å². The van der Waals surface area contributed by atoms with Crippen LogP contribution >= 0.6 is 15.9 Å². The Hall–Kier alpha value is -0.420. The van der Waals surface area contributed by atoms with Crippen LogP contribution in [-0.4, -0.2) is 44.3 Å². The molecule has 0 aromatic heterocycles. The number of morpholine rings is 1. The van der Waals surface area contributed by atoms with Gasteiger partial charge in [0.15, 0.2) is 0 Å². The molecular weight excluding hydrogens is 304 g/mol. The molecule has 19 heavy (non-hydrogen) atoms. The SMILES string of the molecule is CN1CCOC(CNC2CCc3c(Br)cccc32)C1. The summed E-state index contributed by atoms with van der Waals surface area (Å²) in [6.07, 6.45) is 2.69. The van der Waals surface area contributed by atoms with E-state index in [1.165, 1.54) is 28.4 Å². The minimum atomic E-state index is 0.329. The van der Waals surface area contributed by atoms with E-state index in [0.29, 0.717) is 12.1 Å². The van der Waals surface area contributed by atoms with Crippen LogP contribution in [0.3, 0.4) is 0 Å². The van der Waals surface area contributed by atoms with Crippen molar-refractivity contribution in [1.29, 1.82) is 0 Å². The molecule has 1 aromatic rings. The lowest BCUT2D eigenvalue weighted by molar-refractivity contribution is -0.0192. The molecule has 1 aliphatic carbocycles. The first kappa shape index (κ1) is 13.6. The minimum Gasteiger partial charge on any atom is -0.374 e. The van der Waals surface area contributed by atoms with Gasteiger partial charge in [0, 0.05) is 30.1 Å². The van der Waals surface area contributed by atoms with E-state index >= 15 is 0 Å². The van der Waals surface area contributed by atoms with Gasteiger partial charge in [-0.1, -0.05) is 28.1 Å². The summed E-state index contributed by atoms with van der Waals surface area (Å²) in [5.74, 6) is 0. The van der Waals surface area contributed by atoms with Gasteiger partial charge in [0.2, 0.25) is 0 Å². The zero-order chi connectivity index (χ0) is 13.2. The Bertz CT molecular complexity index is 452. The first-order valence-electron chi connectivity index (χ1n) is 7.05. The molecule has 1 saturated heterocycles. The quantitative estimate of drug-likeness (QED) is 0.923. The number of halogens is 1. The van der Waals surface area contributed by atoms with Crippen LogP contribution in [0.5, 0.6) is 0 Å². The molecule has 4 heteroatoms. The Morgan fingerprint density at radius 3 is 3.21 bits per heavy atom. The molecule has 2 unspecified atom stereocenters. The van der Waals surface area contributed by atoms with Gasteiger partial charge in [-0.15, -0.1) is 0 Å². The monoisotopic (exact) mass is 324 g/mol. The van der Waals surface area contributed by atoms with Gasteiger partial charge >= 0.3 is 0 Å². The largest absolute Gasteiger partial charge is 0.374 e. The second-order valence-corrected chi connectivity index (χ2v) is 6.42. The van der Waals surface area contributed by atoms with E-state index in [-0.39, 0.29) is 0 Å². The first-order valence-corrected chi connectivity index (χ1v) is 7.84. The van der Waals surface area contributed by atoms with Crippen LogP contribution in [0.2, 0.25) is 0 Å². The number of ether oxygens (including phenoxy) is 1. The highest BCUT2D eigenvalue weighted by molar-refractivity contribution is 9.10. The molecule has 2 aliphatic rings. The Morgan fingerprint density at radius 1 is 1.47 bits per heavy atom. The molecule has 0 saturated carbocycles. The second-order valence-electron chi connectivity index (χ2n) is 5.56. The summed E-state index contributed by atoms with van der Waals surface area (Å²) >= 11 is 3.65. The van der Waals surface area contributed by atoms with E-state index in [9.17, 15) is 0 Å². The summed E-state index contributed by atoms with van der Waals surface area (Å²) < 4.78 is 7.06. The third kappa shape index (κ3) is 3.02. The maximum Gasteiger partial charge on any atom is 0.0826 e. The molecule has 1 fully saturated rings. The van der Waals surface area contributed by atoms with Crippen molar-refractivity contribution in [3.05, 3.63) is 33.8 Å². The number of nitrogens with one attached hydrogen (secondary N) is 1. The highest BCUT2D eigenvalue weighted by atomic mass is 79.9. The molecule has 3 rings (SSSR count). The summed E-state index contributed by atoms with van der Waals surface area (Å²) in [6.45, 7) is 3.89. The highest BCUT2D eigenvalue weighted by Gasteiger charge is 2.25. The molecule has 0 spiro atoms. The molecule has 104 valence electrons. The average Bonchev–Trinajstić information content (AvgIpc) is 2.81. The number of hydrogen-bond acceptors (Lipinski definition) is 3. The van der Waals surface area contributed by atoms with Crippen molar-refractivity contribution in [1.82, 2.24) is 10.2 Å². The number of rotatable bonds is 3. The summed E-state index contributed by atoms with van der Waals surface area (Å²) in [6, 6.07) is 7.01. The van der Waals surface area contributed by atoms with Crippen molar-refractivity contribution >= 4 is 15.9 Å². The summed E-state index contributed by atoms with van der Waals surface area (Å²) in [5, 5.41) is 3.68. The van der Waals surface area contributed by atoms with E-state index in [2.05, 4.69) is 51.4 Å². The van der Waals surface area contributed by atoms with Gasteiger partial charge in [0.25, 0.3) is 0 Å². The van der Waals surface area contributed by atoms with Gasteiger partial charge in [0.05, 0.1) is 12.7 Å². The van der Waals surface area contributed by atoms with Crippen molar-refractivity contribution < 1.29 is 4.74 Å². The molecule has 2 atom stereocenters. The van der Waals surface area contributed by atoms with Crippen LogP contribution in [0, 0.1) is 0 Å². The lowest BCUT2D eigenvalue weighted by Gasteiger charge is -2.31. The summed E-state index contributed by atoms with van der Waals surface area (Å²) in [5.41, 5.74) is 2.93. The lowest BCUT2D eigenvalue weighted by Crippen LogP contribution is -2.45. The Kier molecular flexibility index (Phi) is 4.22. The molecule has 1 N–H and O–H groups in total. The second kappa shape index (κ2) is 5.92. The number of hydrogen-bond donors (Lipinski definition) is 1. The molecule has 0 radical (unpaired) electrons. The van der Waals surface area contributed by atoms with Crippen molar-refractivity contribution in [2.75, 3.05) is 33.3 Å². The van der Waals surface area contributed by atoms with Crippen LogP contribution in [0.15, 0.2) is 22.7 Å². The fraction of sp³-hybridized carbons (Fsp3) is 0.600. The Labute approximate surface area is 123 Å². The molecule has 0 amide bonds. The molecule has 1 aromatic carbocycles. The van der Waals surface area contributed by atoms with Crippen LogP contribution in [0.4, 0.5) is 0 Å². The zero-order valence-corrected chi connectivity index (χ0v) is 12.9. The predicted octanol–water partition coefficient (Wildman–Crippen LogP) is 2.36. The molecule has 0 bridgehead atoms. The van der Waals surface area contributed by atoms with Crippen LogP contribution in [-0.2, 0) is 11.2 Å². The summed E-state index contributed by atoms with van der Waals surface area (Å²) in [4.78, 5) is 2.34. The lowest BCUT2D eigenvalue weighted by atomic mass is 10.1. The van der Waals surface area contributed by atoms with Gasteiger partial charge in [-0.05, 0) is 37.1 Å². The predicted molar refractivity (Wildman–Crippen MR) is 80.4 cm³/mol.